The molecule has 0 spiro atoms. The Kier molecular flexibility index (Phi) is 6.96. The van der Waals surface area contributed by atoms with Crippen molar-refractivity contribution in [2.24, 2.45) is 0 Å². The van der Waals surface area contributed by atoms with E-state index in [0.717, 1.165) is 19.3 Å². The Balaban J connectivity index is 1.27. The minimum absolute atomic E-state index is 0.0965. The summed E-state index contributed by atoms with van der Waals surface area (Å²) in [5.74, 6) is 0.328. The van der Waals surface area contributed by atoms with E-state index in [1.54, 1.807) is 13.0 Å². The quantitative estimate of drug-likeness (QED) is 0.524. The number of likely N-dealkylation sites (tertiary alicyclic amines) is 1. The van der Waals surface area contributed by atoms with Gasteiger partial charge in [0.1, 0.15) is 17.8 Å². The van der Waals surface area contributed by atoms with E-state index in [1.165, 1.54) is 17.5 Å². The monoisotopic (exact) mass is 438 g/mol. The van der Waals surface area contributed by atoms with E-state index in [9.17, 15) is 14.7 Å². The first-order chi connectivity index (χ1) is 15.5. The Morgan fingerprint density at radius 3 is 2.72 bits per heavy atom. The molecule has 9 nitrogen and oxygen atoms in total. The normalized spacial score (nSPS) is 19.7. The van der Waals surface area contributed by atoms with Gasteiger partial charge in [-0.25, -0.2) is 9.97 Å². The molecule has 170 valence electrons. The van der Waals surface area contributed by atoms with Crippen LogP contribution in [0.25, 0.3) is 0 Å². The minimum atomic E-state index is -0.710. The van der Waals surface area contributed by atoms with E-state index >= 15 is 0 Å². The van der Waals surface area contributed by atoms with Crippen molar-refractivity contribution in [3.8, 4) is 0 Å². The van der Waals surface area contributed by atoms with Crippen LogP contribution in [0.4, 0.5) is 5.82 Å². The lowest BCUT2D eigenvalue weighted by Gasteiger charge is -2.32. The lowest BCUT2D eigenvalue weighted by molar-refractivity contribution is -0.129. The highest BCUT2D eigenvalue weighted by molar-refractivity contribution is 5.92. The first-order valence-electron chi connectivity index (χ1n) is 11.1. The van der Waals surface area contributed by atoms with Gasteiger partial charge in [0.05, 0.1) is 6.10 Å². The van der Waals surface area contributed by atoms with Gasteiger partial charge in [-0.1, -0.05) is 24.3 Å². The Hall–Kier alpha value is -3.04. The lowest BCUT2D eigenvalue weighted by Crippen LogP contribution is -2.49. The van der Waals surface area contributed by atoms with E-state index in [-0.39, 0.29) is 36.1 Å². The predicted molar refractivity (Wildman–Crippen MR) is 120 cm³/mol. The molecule has 0 saturated carbocycles. The van der Waals surface area contributed by atoms with E-state index in [0.29, 0.717) is 25.5 Å². The molecule has 0 bridgehead atoms. The molecule has 2 aliphatic rings. The average molecular weight is 439 g/mol. The number of nitrogens with zero attached hydrogens (tertiary/aromatic N) is 3. The molecule has 0 aliphatic carbocycles. The number of hydrogen-bond donors (Lipinski definition) is 4. The second-order valence-electron chi connectivity index (χ2n) is 8.45. The van der Waals surface area contributed by atoms with Crippen LogP contribution in [0, 0.1) is 0 Å². The summed E-state index contributed by atoms with van der Waals surface area (Å²) in [6.07, 6.45) is 3.02. The van der Waals surface area contributed by atoms with Crippen LogP contribution < -0.4 is 16.0 Å². The number of fused-ring (bicyclic) bond motifs is 1. The summed E-state index contributed by atoms with van der Waals surface area (Å²) in [5.41, 5.74) is 2.72. The Labute approximate surface area is 187 Å². The molecule has 0 radical (unpaired) electrons. The molecular formula is C23H30N6O3. The number of piperidine rings is 1. The number of aromatic nitrogens is 2. The standard InChI is InChI=1S/C23H30N6O3/c1-15(30)29-8-6-18(7-9-29)28-22-11-20(26-14-27-22)23(32)25-13-21(31)19-10-16-4-2-3-5-17(16)12-24-19/h2-5,11,14,18-19,21,24,31H,6-10,12-13H2,1H3,(H,25,32)(H,26,27,28)/t19-,21?/m0/s1. The molecule has 2 aromatic rings. The van der Waals surface area contributed by atoms with Gasteiger partial charge in [-0.15, -0.1) is 0 Å². The fourth-order valence-electron chi connectivity index (χ4n) is 4.29. The van der Waals surface area contributed by atoms with E-state index in [1.807, 2.05) is 17.0 Å². The maximum Gasteiger partial charge on any atom is 0.270 e. The molecule has 4 N–H and O–H groups in total. The van der Waals surface area contributed by atoms with Gasteiger partial charge in [-0.2, -0.15) is 0 Å². The zero-order valence-corrected chi connectivity index (χ0v) is 18.3. The summed E-state index contributed by atoms with van der Waals surface area (Å²) in [4.78, 5) is 34.2. The largest absolute Gasteiger partial charge is 0.390 e. The van der Waals surface area contributed by atoms with Crippen LogP contribution >= 0.6 is 0 Å². The van der Waals surface area contributed by atoms with Crippen LogP contribution in [-0.2, 0) is 17.8 Å². The molecule has 1 unspecified atom stereocenters. The van der Waals surface area contributed by atoms with Crippen LogP contribution in [0.2, 0.25) is 0 Å². The first kappa shape index (κ1) is 22.2. The average Bonchev–Trinajstić information content (AvgIpc) is 2.82. The van der Waals surface area contributed by atoms with Crippen molar-refractivity contribution in [3.63, 3.8) is 0 Å². The lowest BCUT2D eigenvalue weighted by atomic mass is 9.93. The highest BCUT2D eigenvalue weighted by Crippen LogP contribution is 2.18. The molecule has 1 fully saturated rings. The van der Waals surface area contributed by atoms with E-state index < -0.39 is 6.10 Å². The molecular weight excluding hydrogens is 408 g/mol. The summed E-state index contributed by atoms with van der Waals surface area (Å²) < 4.78 is 0. The number of carbonyl (C=O) groups excluding carboxylic acids is 2. The van der Waals surface area contributed by atoms with Gasteiger partial charge in [-0.3, -0.25) is 9.59 Å². The summed E-state index contributed by atoms with van der Waals surface area (Å²) >= 11 is 0. The molecule has 1 saturated heterocycles. The summed E-state index contributed by atoms with van der Waals surface area (Å²) in [6, 6.07) is 9.87. The van der Waals surface area contributed by atoms with Crippen molar-refractivity contribution in [2.45, 2.75) is 50.9 Å². The zero-order valence-electron chi connectivity index (χ0n) is 18.3. The van der Waals surface area contributed by atoms with Gasteiger partial charge < -0.3 is 26.0 Å². The number of amides is 2. The Morgan fingerprint density at radius 2 is 1.97 bits per heavy atom. The van der Waals surface area contributed by atoms with Gasteiger partial charge in [0.15, 0.2) is 0 Å². The van der Waals surface area contributed by atoms with Crippen LogP contribution in [-0.4, -0.2) is 69.6 Å². The van der Waals surface area contributed by atoms with Gasteiger partial charge in [0.2, 0.25) is 5.91 Å². The Bertz CT molecular complexity index is 960. The molecule has 2 aliphatic heterocycles. The second-order valence-corrected chi connectivity index (χ2v) is 8.45. The molecule has 3 heterocycles. The fraction of sp³-hybridized carbons (Fsp3) is 0.478. The van der Waals surface area contributed by atoms with Crippen LogP contribution in [0.1, 0.15) is 41.4 Å². The number of rotatable bonds is 6. The minimum Gasteiger partial charge on any atom is -0.390 e. The number of nitrogens with one attached hydrogen (secondary N) is 3. The van der Waals surface area contributed by atoms with Crippen LogP contribution in [0.15, 0.2) is 36.7 Å². The summed E-state index contributed by atoms with van der Waals surface area (Å²) in [7, 11) is 0. The fourth-order valence-corrected chi connectivity index (χ4v) is 4.29. The maximum atomic E-state index is 12.6. The van der Waals surface area contributed by atoms with Crippen molar-refractivity contribution in [3.05, 3.63) is 53.5 Å². The van der Waals surface area contributed by atoms with Gasteiger partial charge in [-0.05, 0) is 30.4 Å². The third-order valence-corrected chi connectivity index (χ3v) is 6.24. The highest BCUT2D eigenvalue weighted by Gasteiger charge is 2.25. The molecule has 2 atom stereocenters. The van der Waals surface area contributed by atoms with Crippen molar-refractivity contribution < 1.29 is 14.7 Å². The molecule has 1 aromatic carbocycles. The first-order valence-corrected chi connectivity index (χ1v) is 11.1. The molecule has 32 heavy (non-hydrogen) atoms. The predicted octanol–water partition coefficient (Wildman–Crippen LogP) is 0.705. The zero-order chi connectivity index (χ0) is 22.5. The number of hydrogen-bond acceptors (Lipinski definition) is 7. The van der Waals surface area contributed by atoms with Crippen molar-refractivity contribution in [1.29, 1.82) is 0 Å². The van der Waals surface area contributed by atoms with Crippen molar-refractivity contribution >= 4 is 17.6 Å². The molecule has 9 heteroatoms. The van der Waals surface area contributed by atoms with Crippen molar-refractivity contribution in [1.82, 2.24) is 25.5 Å². The number of aliphatic hydroxyl groups is 1. The number of benzene rings is 1. The van der Waals surface area contributed by atoms with Gasteiger partial charge in [0.25, 0.3) is 5.91 Å². The molecule has 4 rings (SSSR count). The van der Waals surface area contributed by atoms with Crippen LogP contribution in [0.5, 0.6) is 0 Å². The molecule has 1 aromatic heterocycles. The highest BCUT2D eigenvalue weighted by atomic mass is 16.3. The van der Waals surface area contributed by atoms with Gasteiger partial charge >= 0.3 is 0 Å². The third kappa shape index (κ3) is 5.41. The number of anilines is 1. The number of carbonyl (C=O) groups is 2. The van der Waals surface area contributed by atoms with Crippen LogP contribution in [0.3, 0.4) is 0 Å². The second kappa shape index (κ2) is 10.1. The third-order valence-electron chi connectivity index (χ3n) is 6.24. The summed E-state index contributed by atoms with van der Waals surface area (Å²) in [5, 5.41) is 20.0. The topological polar surface area (TPSA) is 119 Å². The molecule has 2 amide bonds. The van der Waals surface area contributed by atoms with Crippen molar-refractivity contribution in [2.75, 3.05) is 25.0 Å². The number of aliphatic hydroxyl groups excluding tert-OH is 1. The smallest absolute Gasteiger partial charge is 0.270 e. The SMILES string of the molecule is CC(=O)N1CCC(Nc2cc(C(=O)NCC(O)[C@@H]3Cc4ccccc4CN3)ncn2)CC1. The Morgan fingerprint density at radius 1 is 1.22 bits per heavy atom. The maximum absolute atomic E-state index is 12.6. The van der Waals surface area contributed by atoms with E-state index in [2.05, 4.69) is 38.1 Å². The van der Waals surface area contributed by atoms with Gasteiger partial charge in [0, 0.05) is 51.3 Å². The summed E-state index contributed by atoms with van der Waals surface area (Å²) in [6.45, 7) is 3.85. The van der Waals surface area contributed by atoms with E-state index in [4.69, 9.17) is 0 Å².